The second kappa shape index (κ2) is 8.60. The number of hydrogen-bond donors (Lipinski definition) is 1. The number of aromatic nitrogens is 5. The van der Waals surface area contributed by atoms with E-state index < -0.39 is 0 Å². The quantitative estimate of drug-likeness (QED) is 0.415. The van der Waals surface area contributed by atoms with Crippen LogP contribution in [0.5, 0.6) is 0 Å². The first-order chi connectivity index (χ1) is 17.4. The Morgan fingerprint density at radius 3 is 2.50 bits per heavy atom. The summed E-state index contributed by atoms with van der Waals surface area (Å²) in [5.41, 5.74) is 5.15. The van der Waals surface area contributed by atoms with E-state index >= 15 is 0 Å². The van der Waals surface area contributed by atoms with E-state index in [1.54, 1.807) is 10.7 Å². The molecule has 0 atom stereocenters. The lowest BCUT2D eigenvalue weighted by Gasteiger charge is -2.35. The van der Waals surface area contributed by atoms with E-state index in [4.69, 9.17) is 4.98 Å². The number of rotatable bonds is 4. The number of likely N-dealkylation sites (N-methyl/N-ethyl adjacent to an activating group) is 1. The number of benzene rings is 2. The molecule has 1 aliphatic rings. The highest BCUT2D eigenvalue weighted by atomic mass is 16.1. The molecular weight excluding hydrogens is 452 g/mol. The third kappa shape index (κ3) is 3.67. The minimum absolute atomic E-state index is 0.0864. The maximum atomic E-state index is 13.5. The second-order valence-electron chi connectivity index (χ2n) is 9.86. The van der Waals surface area contributed by atoms with Crippen LogP contribution in [0.25, 0.3) is 27.6 Å². The molecule has 1 aliphatic heterocycles. The molecule has 0 aliphatic carbocycles. The van der Waals surface area contributed by atoms with Gasteiger partial charge in [-0.3, -0.25) is 9.48 Å². The highest BCUT2D eigenvalue weighted by Gasteiger charge is 2.19. The van der Waals surface area contributed by atoms with Gasteiger partial charge < -0.3 is 15.1 Å². The Bertz CT molecular complexity index is 1660. The topological polar surface area (TPSA) is 83.6 Å². The fourth-order valence-electron chi connectivity index (χ4n) is 5.15. The molecule has 6 rings (SSSR count). The monoisotopic (exact) mass is 482 g/mol. The fourth-order valence-corrected chi connectivity index (χ4v) is 5.15. The summed E-state index contributed by atoms with van der Waals surface area (Å²) in [6.45, 7) is 10.4. The molecule has 2 aromatic carbocycles. The second-order valence-corrected chi connectivity index (χ2v) is 9.86. The molecule has 184 valence electrons. The van der Waals surface area contributed by atoms with Gasteiger partial charge >= 0.3 is 0 Å². The van der Waals surface area contributed by atoms with Crippen LogP contribution in [-0.4, -0.2) is 62.3 Å². The summed E-state index contributed by atoms with van der Waals surface area (Å²) in [4.78, 5) is 32.2. The van der Waals surface area contributed by atoms with Crippen LogP contribution < -0.4 is 15.8 Å². The fraction of sp³-hybridized carbons (Fsp3) is 0.333. The molecule has 4 heterocycles. The van der Waals surface area contributed by atoms with Crippen molar-refractivity contribution in [3.05, 3.63) is 64.6 Å². The van der Waals surface area contributed by atoms with Gasteiger partial charge in [0.1, 0.15) is 5.39 Å². The van der Waals surface area contributed by atoms with Gasteiger partial charge in [-0.2, -0.15) is 9.50 Å². The Labute approximate surface area is 209 Å². The Hall–Kier alpha value is -3.98. The zero-order valence-electron chi connectivity index (χ0n) is 21.1. The number of nitrogens with one attached hydrogen (secondary N) is 1. The van der Waals surface area contributed by atoms with Crippen LogP contribution in [0.2, 0.25) is 0 Å². The number of piperazine rings is 1. The Morgan fingerprint density at radius 2 is 1.75 bits per heavy atom. The highest BCUT2D eigenvalue weighted by molar-refractivity contribution is 5.94. The summed E-state index contributed by atoms with van der Waals surface area (Å²) in [5, 5.41) is 4.62. The van der Waals surface area contributed by atoms with Gasteiger partial charge in [-0.15, -0.1) is 0 Å². The maximum absolute atomic E-state index is 13.5. The van der Waals surface area contributed by atoms with Crippen LogP contribution in [-0.2, 0) is 0 Å². The van der Waals surface area contributed by atoms with Crippen LogP contribution in [0, 0.1) is 6.92 Å². The molecule has 9 nitrogen and oxygen atoms in total. The number of aryl methyl sites for hydroxylation is 1. The van der Waals surface area contributed by atoms with Gasteiger partial charge in [-0.1, -0.05) is 12.1 Å². The van der Waals surface area contributed by atoms with E-state index in [2.05, 4.69) is 71.1 Å². The van der Waals surface area contributed by atoms with E-state index in [1.165, 1.54) is 11.3 Å². The van der Waals surface area contributed by atoms with Crippen LogP contribution in [0.15, 0.2) is 53.5 Å². The summed E-state index contributed by atoms with van der Waals surface area (Å²) >= 11 is 0. The molecule has 0 saturated carbocycles. The molecule has 1 N–H and O–H groups in total. The van der Waals surface area contributed by atoms with E-state index in [0.717, 1.165) is 42.8 Å². The largest absolute Gasteiger partial charge is 0.369 e. The summed E-state index contributed by atoms with van der Waals surface area (Å²) in [6, 6.07) is 14.4. The van der Waals surface area contributed by atoms with Crippen molar-refractivity contribution >= 4 is 44.9 Å². The first-order valence-corrected chi connectivity index (χ1v) is 12.4. The summed E-state index contributed by atoms with van der Waals surface area (Å²) in [6.07, 6.45) is 1.57. The van der Waals surface area contributed by atoms with Gasteiger partial charge in [0.2, 0.25) is 5.95 Å². The molecule has 0 radical (unpaired) electrons. The molecule has 0 bridgehead atoms. The molecule has 1 saturated heterocycles. The van der Waals surface area contributed by atoms with Crippen LogP contribution in [0.1, 0.15) is 25.5 Å². The summed E-state index contributed by atoms with van der Waals surface area (Å²) in [7, 11) is 2.16. The summed E-state index contributed by atoms with van der Waals surface area (Å²) in [5.74, 6) is 0.415. The minimum atomic E-state index is -0.168. The van der Waals surface area contributed by atoms with Crippen molar-refractivity contribution in [1.29, 1.82) is 0 Å². The Balaban J connectivity index is 1.38. The molecule has 5 aromatic rings. The lowest BCUT2D eigenvalue weighted by molar-refractivity contribution is 0.312. The van der Waals surface area contributed by atoms with E-state index in [-0.39, 0.29) is 11.6 Å². The number of hydrogen-bond acceptors (Lipinski definition) is 7. The SMILES string of the molecule is Cc1cc(Nc2ncc3c(=O)n4c(nc3n2)c2ccccc2n4C(C)C)ccc1N1CCN(C)CC1. The molecular formula is C27H30N8O. The first kappa shape index (κ1) is 22.5. The van der Waals surface area contributed by atoms with Gasteiger partial charge in [-0.05, 0) is 63.7 Å². The molecule has 0 unspecified atom stereocenters. The van der Waals surface area contributed by atoms with Crippen LogP contribution in [0.4, 0.5) is 17.3 Å². The van der Waals surface area contributed by atoms with Crippen LogP contribution in [0.3, 0.4) is 0 Å². The smallest absolute Gasteiger partial charge is 0.284 e. The molecule has 3 aromatic heterocycles. The highest BCUT2D eigenvalue weighted by Crippen LogP contribution is 2.27. The van der Waals surface area contributed by atoms with Gasteiger partial charge in [0.05, 0.1) is 5.52 Å². The van der Waals surface area contributed by atoms with Gasteiger partial charge in [0.25, 0.3) is 5.56 Å². The molecule has 0 spiro atoms. The third-order valence-electron chi connectivity index (χ3n) is 7.00. The maximum Gasteiger partial charge on any atom is 0.284 e. The molecule has 0 amide bonds. The standard InChI is InChI=1S/C27H30N8O/c1-17(2)34-23-8-6-5-7-20(23)25-30-24-21(26(36)35(25)34)16-28-27(31-24)29-19-9-10-22(18(3)15-19)33-13-11-32(4)12-14-33/h5-10,15-17H,11-14H2,1-4H3,(H,28,29,31). The zero-order valence-corrected chi connectivity index (χ0v) is 21.1. The number of anilines is 3. The van der Waals surface area contributed by atoms with Gasteiger partial charge in [0, 0.05) is 55.2 Å². The Kier molecular flexibility index (Phi) is 5.37. The average Bonchev–Trinajstić information content (AvgIpc) is 3.20. The molecule has 9 heteroatoms. The lowest BCUT2D eigenvalue weighted by Crippen LogP contribution is -2.44. The van der Waals surface area contributed by atoms with Gasteiger partial charge in [-0.25, -0.2) is 9.97 Å². The van der Waals surface area contributed by atoms with E-state index in [1.807, 2.05) is 28.9 Å². The lowest BCUT2D eigenvalue weighted by atomic mass is 10.1. The van der Waals surface area contributed by atoms with Crippen LogP contribution >= 0.6 is 0 Å². The van der Waals surface area contributed by atoms with Crippen molar-refractivity contribution in [3.8, 4) is 0 Å². The van der Waals surface area contributed by atoms with Crippen molar-refractivity contribution < 1.29 is 0 Å². The van der Waals surface area contributed by atoms with Crippen molar-refractivity contribution in [2.45, 2.75) is 26.8 Å². The summed E-state index contributed by atoms with van der Waals surface area (Å²) < 4.78 is 3.63. The third-order valence-corrected chi connectivity index (χ3v) is 7.00. The van der Waals surface area contributed by atoms with Crippen molar-refractivity contribution in [3.63, 3.8) is 0 Å². The van der Waals surface area contributed by atoms with E-state index in [0.29, 0.717) is 22.6 Å². The Morgan fingerprint density at radius 1 is 0.972 bits per heavy atom. The average molecular weight is 483 g/mol. The predicted molar refractivity (Wildman–Crippen MR) is 145 cm³/mol. The zero-order chi connectivity index (χ0) is 25.0. The predicted octanol–water partition coefficient (Wildman–Crippen LogP) is 3.98. The van der Waals surface area contributed by atoms with Gasteiger partial charge in [0.15, 0.2) is 11.3 Å². The number of para-hydroxylation sites is 1. The molecule has 36 heavy (non-hydrogen) atoms. The minimum Gasteiger partial charge on any atom is -0.369 e. The van der Waals surface area contributed by atoms with E-state index in [9.17, 15) is 4.79 Å². The van der Waals surface area contributed by atoms with Crippen molar-refractivity contribution in [2.75, 3.05) is 43.4 Å². The van der Waals surface area contributed by atoms with Crippen molar-refractivity contribution in [1.82, 2.24) is 29.0 Å². The van der Waals surface area contributed by atoms with Crippen molar-refractivity contribution in [2.24, 2.45) is 0 Å². The number of fused-ring (bicyclic) bond motifs is 4. The normalized spacial score (nSPS) is 15.0. The molecule has 1 fully saturated rings. The first-order valence-electron chi connectivity index (χ1n) is 12.4. The number of nitrogens with zero attached hydrogens (tertiary/aromatic N) is 7.